The molecule has 0 radical (unpaired) electrons. The van der Waals surface area contributed by atoms with Crippen LogP contribution in [0.1, 0.15) is 11.8 Å². The van der Waals surface area contributed by atoms with Gasteiger partial charge in [-0.3, -0.25) is 4.98 Å². The molecule has 0 amide bonds. The first kappa shape index (κ1) is 18.4. The first-order chi connectivity index (χ1) is 13.5. The van der Waals surface area contributed by atoms with Crippen molar-refractivity contribution in [2.45, 2.75) is 10.8 Å². The van der Waals surface area contributed by atoms with Gasteiger partial charge in [0.15, 0.2) is 0 Å². The summed E-state index contributed by atoms with van der Waals surface area (Å²) in [6.07, 6.45) is 1.64. The maximum Gasteiger partial charge on any atom is 0.246 e. The summed E-state index contributed by atoms with van der Waals surface area (Å²) in [4.78, 5) is 8.59. The third-order valence-corrected chi connectivity index (χ3v) is 6.37. The minimum atomic E-state index is -3.74. The normalized spacial score (nSPS) is 15.2. The summed E-state index contributed by atoms with van der Waals surface area (Å²) in [5, 5.41) is 3.93. The Morgan fingerprint density at radius 1 is 1.14 bits per heavy atom. The fraction of sp³-hybridized carbons (Fsp3) is 0.278. The van der Waals surface area contributed by atoms with E-state index in [0.29, 0.717) is 23.2 Å². The van der Waals surface area contributed by atoms with E-state index in [9.17, 15) is 8.42 Å². The molecule has 2 aromatic heterocycles. The maximum absolute atomic E-state index is 13.0. The van der Waals surface area contributed by atoms with Crippen LogP contribution in [-0.4, -0.2) is 55.2 Å². The second-order valence-corrected chi connectivity index (χ2v) is 8.11. The summed E-state index contributed by atoms with van der Waals surface area (Å²) in [6, 6.07) is 10.1. The van der Waals surface area contributed by atoms with Crippen LogP contribution in [0.4, 0.5) is 0 Å². The number of benzene rings is 1. The van der Waals surface area contributed by atoms with E-state index < -0.39 is 10.0 Å². The lowest BCUT2D eigenvalue weighted by molar-refractivity contribution is 0.216. The molecule has 0 N–H and O–H groups in total. The number of hydrogen-bond acceptors (Lipinski definition) is 8. The van der Waals surface area contributed by atoms with Crippen molar-refractivity contribution < 1.29 is 22.4 Å². The zero-order valence-corrected chi connectivity index (χ0v) is 16.1. The number of rotatable bonds is 6. The molecule has 28 heavy (non-hydrogen) atoms. The Labute approximate surface area is 162 Å². The smallest absolute Gasteiger partial charge is 0.246 e. The van der Waals surface area contributed by atoms with Crippen molar-refractivity contribution in [2.24, 2.45) is 0 Å². The monoisotopic (exact) mass is 402 g/mol. The highest BCUT2D eigenvalue weighted by molar-refractivity contribution is 7.89. The Morgan fingerprint density at radius 3 is 2.64 bits per heavy atom. The van der Waals surface area contributed by atoms with Gasteiger partial charge in [0, 0.05) is 25.4 Å². The predicted octanol–water partition coefficient (Wildman–Crippen LogP) is 1.94. The Morgan fingerprint density at radius 2 is 1.96 bits per heavy atom. The van der Waals surface area contributed by atoms with Crippen molar-refractivity contribution in [1.82, 2.24) is 19.4 Å². The molecular weight excluding hydrogens is 384 g/mol. The van der Waals surface area contributed by atoms with Crippen molar-refractivity contribution in [1.29, 1.82) is 0 Å². The van der Waals surface area contributed by atoms with Gasteiger partial charge in [0.1, 0.15) is 22.1 Å². The summed E-state index contributed by atoms with van der Waals surface area (Å²) in [5.41, 5.74) is 0.599. The molecule has 10 heteroatoms. The van der Waals surface area contributed by atoms with Crippen molar-refractivity contribution in [2.75, 3.05) is 27.3 Å². The SMILES string of the molecule is COc1ccc(OC)c(S(=O)(=O)N2CC(c3nc(-c4ccccn4)no3)C2)c1. The van der Waals surface area contributed by atoms with E-state index in [4.69, 9.17) is 14.0 Å². The number of ether oxygens (including phenoxy) is 2. The first-order valence-electron chi connectivity index (χ1n) is 8.50. The van der Waals surface area contributed by atoms with E-state index in [0.717, 1.165) is 0 Å². The van der Waals surface area contributed by atoms with Gasteiger partial charge < -0.3 is 14.0 Å². The second kappa shape index (κ2) is 7.21. The van der Waals surface area contributed by atoms with E-state index in [1.165, 1.54) is 24.6 Å². The third-order valence-electron chi connectivity index (χ3n) is 4.52. The van der Waals surface area contributed by atoms with E-state index in [1.807, 2.05) is 6.07 Å². The Balaban J connectivity index is 1.52. The van der Waals surface area contributed by atoms with Crippen molar-refractivity contribution >= 4 is 10.0 Å². The number of pyridine rings is 1. The van der Waals surface area contributed by atoms with E-state index in [2.05, 4.69) is 15.1 Å². The zero-order chi connectivity index (χ0) is 19.7. The summed E-state index contributed by atoms with van der Waals surface area (Å²) >= 11 is 0. The van der Waals surface area contributed by atoms with Gasteiger partial charge in [-0.05, 0) is 24.3 Å². The van der Waals surface area contributed by atoms with Crippen molar-refractivity contribution in [3.8, 4) is 23.0 Å². The number of aromatic nitrogens is 3. The van der Waals surface area contributed by atoms with E-state index in [-0.39, 0.29) is 29.7 Å². The van der Waals surface area contributed by atoms with Crippen LogP contribution in [0.5, 0.6) is 11.5 Å². The molecule has 4 rings (SSSR count). The van der Waals surface area contributed by atoms with Gasteiger partial charge in [0.05, 0.1) is 20.1 Å². The lowest BCUT2D eigenvalue weighted by atomic mass is 10.0. The third kappa shape index (κ3) is 3.20. The van der Waals surface area contributed by atoms with Gasteiger partial charge in [-0.1, -0.05) is 11.2 Å². The van der Waals surface area contributed by atoms with Gasteiger partial charge >= 0.3 is 0 Å². The fourth-order valence-electron chi connectivity index (χ4n) is 2.92. The van der Waals surface area contributed by atoms with Gasteiger partial charge in [-0.2, -0.15) is 9.29 Å². The van der Waals surface area contributed by atoms with Gasteiger partial charge in [0.2, 0.25) is 21.7 Å². The quantitative estimate of drug-likeness (QED) is 0.616. The van der Waals surface area contributed by atoms with Gasteiger partial charge in [0.25, 0.3) is 0 Å². The molecule has 146 valence electrons. The standard InChI is InChI=1S/C18H18N4O5S/c1-25-13-6-7-15(26-2)16(9-13)28(23,24)22-10-12(11-22)18-20-17(21-27-18)14-5-3-4-8-19-14/h3-9,12H,10-11H2,1-2H3. The molecular formula is C18H18N4O5S. The van der Waals surface area contributed by atoms with Crippen molar-refractivity contribution in [3.05, 3.63) is 48.5 Å². The van der Waals surface area contributed by atoms with Crippen LogP contribution in [0.2, 0.25) is 0 Å². The van der Waals surface area contributed by atoms with Crippen LogP contribution in [0.25, 0.3) is 11.5 Å². The molecule has 1 saturated heterocycles. The minimum absolute atomic E-state index is 0.0625. The fourth-order valence-corrected chi connectivity index (χ4v) is 4.62. The number of sulfonamides is 1. The van der Waals surface area contributed by atoms with E-state index >= 15 is 0 Å². The Kier molecular flexibility index (Phi) is 4.73. The lowest BCUT2D eigenvalue weighted by Gasteiger charge is -2.36. The molecule has 3 aromatic rings. The molecule has 1 fully saturated rings. The first-order valence-corrected chi connectivity index (χ1v) is 9.94. The molecule has 0 bridgehead atoms. The van der Waals surface area contributed by atoms with Crippen molar-refractivity contribution in [3.63, 3.8) is 0 Å². The highest BCUT2D eigenvalue weighted by Crippen LogP contribution is 2.36. The lowest BCUT2D eigenvalue weighted by Crippen LogP contribution is -2.48. The number of hydrogen-bond donors (Lipinski definition) is 0. The maximum atomic E-state index is 13.0. The predicted molar refractivity (Wildman–Crippen MR) is 98.6 cm³/mol. The zero-order valence-electron chi connectivity index (χ0n) is 15.3. The summed E-state index contributed by atoms with van der Waals surface area (Å²) in [5.74, 6) is 1.31. The Bertz CT molecular complexity index is 1080. The molecule has 0 aliphatic carbocycles. The average Bonchev–Trinajstić information content (AvgIpc) is 3.16. The largest absolute Gasteiger partial charge is 0.497 e. The Hall–Kier alpha value is -2.98. The highest BCUT2D eigenvalue weighted by Gasteiger charge is 2.41. The number of methoxy groups -OCH3 is 2. The molecule has 0 spiro atoms. The summed E-state index contributed by atoms with van der Waals surface area (Å²) < 4.78 is 43.0. The number of nitrogens with zero attached hydrogens (tertiary/aromatic N) is 4. The molecule has 1 aliphatic heterocycles. The summed E-state index contributed by atoms with van der Waals surface area (Å²) in [6.45, 7) is 0.485. The van der Waals surface area contributed by atoms with Gasteiger partial charge in [-0.15, -0.1) is 0 Å². The second-order valence-electron chi connectivity index (χ2n) is 6.21. The molecule has 0 atom stereocenters. The van der Waals surface area contributed by atoms with Crippen LogP contribution >= 0.6 is 0 Å². The average molecular weight is 402 g/mol. The molecule has 3 heterocycles. The van der Waals surface area contributed by atoms with Crippen LogP contribution in [0, 0.1) is 0 Å². The summed E-state index contributed by atoms with van der Waals surface area (Å²) in [7, 11) is -0.831. The van der Waals surface area contributed by atoms with Crippen LogP contribution in [0.15, 0.2) is 52.0 Å². The van der Waals surface area contributed by atoms with Crippen LogP contribution < -0.4 is 9.47 Å². The highest BCUT2D eigenvalue weighted by atomic mass is 32.2. The van der Waals surface area contributed by atoms with Crippen LogP contribution in [-0.2, 0) is 10.0 Å². The van der Waals surface area contributed by atoms with Crippen LogP contribution in [0.3, 0.4) is 0 Å². The van der Waals surface area contributed by atoms with E-state index in [1.54, 1.807) is 30.5 Å². The molecule has 9 nitrogen and oxygen atoms in total. The molecule has 0 saturated carbocycles. The molecule has 1 aliphatic rings. The minimum Gasteiger partial charge on any atom is -0.497 e. The molecule has 1 aromatic carbocycles. The van der Waals surface area contributed by atoms with Gasteiger partial charge in [-0.25, -0.2) is 8.42 Å². The molecule has 0 unspecified atom stereocenters. The topological polar surface area (TPSA) is 108 Å².